The summed E-state index contributed by atoms with van der Waals surface area (Å²) in [5.74, 6) is 1.15. The predicted octanol–water partition coefficient (Wildman–Crippen LogP) is 0.546. The third kappa shape index (κ3) is 4.50. The molecule has 0 aromatic carbocycles. The lowest BCUT2D eigenvalue weighted by atomic mass is 10.00. The van der Waals surface area contributed by atoms with E-state index in [1.807, 2.05) is 13.0 Å². The Hall–Kier alpha value is -1.05. The van der Waals surface area contributed by atoms with Crippen molar-refractivity contribution in [3.63, 3.8) is 0 Å². The van der Waals surface area contributed by atoms with Crippen LogP contribution < -0.4 is 5.32 Å². The highest BCUT2D eigenvalue weighted by Crippen LogP contribution is 2.17. The van der Waals surface area contributed by atoms with E-state index in [-0.39, 0.29) is 0 Å². The van der Waals surface area contributed by atoms with Gasteiger partial charge in [0, 0.05) is 25.8 Å². The van der Waals surface area contributed by atoms with Crippen molar-refractivity contribution >= 4 is 10.0 Å². The van der Waals surface area contributed by atoms with Crippen molar-refractivity contribution in [1.29, 1.82) is 0 Å². The molecule has 7 heteroatoms. The van der Waals surface area contributed by atoms with Gasteiger partial charge in [0.1, 0.15) is 5.82 Å². The van der Waals surface area contributed by atoms with E-state index in [1.54, 1.807) is 10.5 Å². The van der Waals surface area contributed by atoms with E-state index in [1.165, 1.54) is 6.26 Å². The van der Waals surface area contributed by atoms with Gasteiger partial charge >= 0.3 is 0 Å². The third-order valence-corrected chi connectivity index (χ3v) is 4.79. The van der Waals surface area contributed by atoms with E-state index in [4.69, 9.17) is 0 Å². The van der Waals surface area contributed by atoms with Crippen LogP contribution in [0, 0.1) is 12.8 Å². The summed E-state index contributed by atoms with van der Waals surface area (Å²) in [6.07, 6.45) is 5.05. The largest absolute Gasteiger partial charge is 0.311 e. The Morgan fingerprint density at radius 3 is 3.00 bits per heavy atom. The van der Waals surface area contributed by atoms with Crippen LogP contribution in [0.4, 0.5) is 0 Å². The molecule has 1 fully saturated rings. The number of rotatable bonds is 5. The second kappa shape index (κ2) is 6.60. The van der Waals surface area contributed by atoms with E-state index < -0.39 is 10.0 Å². The van der Waals surface area contributed by atoms with Crippen molar-refractivity contribution < 1.29 is 8.42 Å². The maximum absolute atomic E-state index is 11.6. The monoisotopic (exact) mass is 298 g/mol. The number of hydrogen-bond acceptors (Lipinski definition) is 5. The second-order valence-electron chi connectivity index (χ2n) is 5.36. The summed E-state index contributed by atoms with van der Waals surface area (Å²) in [7, 11) is -3.06. The molecule has 1 N–H and O–H groups in total. The molecule has 0 saturated carbocycles. The molecule has 0 spiro atoms. The number of aryl methyl sites for hydroxylation is 1. The quantitative estimate of drug-likeness (QED) is 0.859. The number of nitrogens with one attached hydrogen (secondary N) is 1. The minimum Gasteiger partial charge on any atom is -0.311 e. The molecule has 6 nitrogen and oxygen atoms in total. The molecule has 112 valence electrons. The van der Waals surface area contributed by atoms with Crippen molar-refractivity contribution in [2.75, 3.05) is 25.9 Å². The normalized spacial score (nSPS) is 21.0. The number of piperidine rings is 1. The topological polar surface area (TPSA) is 75.2 Å². The number of sulfonamides is 1. The first-order valence-electron chi connectivity index (χ1n) is 6.89. The molecular weight excluding hydrogens is 276 g/mol. The molecule has 1 aliphatic heterocycles. The van der Waals surface area contributed by atoms with Gasteiger partial charge in [0.2, 0.25) is 10.0 Å². The van der Waals surface area contributed by atoms with Crippen LogP contribution in [0.15, 0.2) is 12.3 Å². The molecule has 1 atom stereocenters. The smallest absolute Gasteiger partial charge is 0.211 e. The lowest BCUT2D eigenvalue weighted by Gasteiger charge is -2.31. The van der Waals surface area contributed by atoms with E-state index >= 15 is 0 Å². The van der Waals surface area contributed by atoms with Crippen LogP contribution in [0.3, 0.4) is 0 Å². The Kier molecular flexibility index (Phi) is 5.06. The molecule has 0 radical (unpaired) electrons. The Labute approximate surface area is 120 Å². The molecule has 2 rings (SSSR count). The van der Waals surface area contributed by atoms with E-state index in [9.17, 15) is 8.42 Å². The summed E-state index contributed by atoms with van der Waals surface area (Å²) >= 11 is 0. The second-order valence-corrected chi connectivity index (χ2v) is 7.34. The molecule has 1 unspecified atom stereocenters. The highest BCUT2D eigenvalue weighted by Gasteiger charge is 2.25. The minimum atomic E-state index is -3.06. The number of hydrogen-bond donors (Lipinski definition) is 1. The van der Waals surface area contributed by atoms with Crippen LogP contribution in [0.25, 0.3) is 0 Å². The summed E-state index contributed by atoms with van der Waals surface area (Å²) in [5, 5.41) is 3.36. The average molecular weight is 298 g/mol. The number of nitrogens with zero attached hydrogens (tertiary/aromatic N) is 3. The van der Waals surface area contributed by atoms with Crippen molar-refractivity contribution in [2.45, 2.75) is 26.3 Å². The van der Waals surface area contributed by atoms with Gasteiger partial charge in [0.15, 0.2) is 0 Å². The molecule has 2 heterocycles. The Morgan fingerprint density at radius 2 is 2.30 bits per heavy atom. The molecule has 1 saturated heterocycles. The summed E-state index contributed by atoms with van der Waals surface area (Å²) in [4.78, 5) is 8.39. The van der Waals surface area contributed by atoms with Crippen LogP contribution in [-0.2, 0) is 16.6 Å². The summed E-state index contributed by atoms with van der Waals surface area (Å²) in [6.45, 7) is 4.65. The standard InChI is InChI=1S/C13H22N4O2S/c1-11-15-6-5-13(16-11)9-14-8-12-4-3-7-17(10-12)20(2,18)19/h5-6,12,14H,3-4,7-10H2,1-2H3. The molecule has 20 heavy (non-hydrogen) atoms. The highest BCUT2D eigenvalue weighted by molar-refractivity contribution is 7.88. The zero-order chi connectivity index (χ0) is 14.6. The van der Waals surface area contributed by atoms with Crippen molar-refractivity contribution in [3.05, 3.63) is 23.8 Å². The zero-order valence-electron chi connectivity index (χ0n) is 12.0. The summed E-state index contributed by atoms with van der Waals surface area (Å²) < 4.78 is 24.7. The third-order valence-electron chi connectivity index (χ3n) is 3.52. The van der Waals surface area contributed by atoms with Crippen LogP contribution in [-0.4, -0.2) is 48.6 Å². The first-order valence-corrected chi connectivity index (χ1v) is 8.74. The predicted molar refractivity (Wildman–Crippen MR) is 77.6 cm³/mol. The maximum Gasteiger partial charge on any atom is 0.211 e. The van der Waals surface area contributed by atoms with Crippen LogP contribution in [0.2, 0.25) is 0 Å². The van der Waals surface area contributed by atoms with Crippen molar-refractivity contribution in [3.8, 4) is 0 Å². The van der Waals surface area contributed by atoms with Gasteiger partial charge in [-0.15, -0.1) is 0 Å². The van der Waals surface area contributed by atoms with Gasteiger partial charge in [0.25, 0.3) is 0 Å². The molecule has 0 amide bonds. The van der Waals surface area contributed by atoms with Gasteiger partial charge in [-0.25, -0.2) is 22.7 Å². The lowest BCUT2D eigenvalue weighted by Crippen LogP contribution is -2.42. The van der Waals surface area contributed by atoms with Gasteiger partial charge in [-0.1, -0.05) is 0 Å². The summed E-state index contributed by atoms with van der Waals surface area (Å²) in [6, 6.07) is 1.89. The maximum atomic E-state index is 11.6. The Morgan fingerprint density at radius 1 is 1.50 bits per heavy atom. The average Bonchev–Trinajstić information content (AvgIpc) is 2.38. The lowest BCUT2D eigenvalue weighted by molar-refractivity contribution is 0.261. The zero-order valence-corrected chi connectivity index (χ0v) is 12.9. The van der Waals surface area contributed by atoms with E-state index in [2.05, 4.69) is 15.3 Å². The first-order chi connectivity index (χ1) is 9.45. The SMILES string of the molecule is Cc1nccc(CNCC2CCCN(S(C)(=O)=O)C2)n1. The summed E-state index contributed by atoms with van der Waals surface area (Å²) in [5.41, 5.74) is 0.966. The molecular formula is C13H22N4O2S. The van der Waals surface area contributed by atoms with Crippen LogP contribution in [0.5, 0.6) is 0 Å². The van der Waals surface area contributed by atoms with E-state index in [0.29, 0.717) is 25.6 Å². The molecule has 0 aliphatic carbocycles. The number of aromatic nitrogens is 2. The highest BCUT2D eigenvalue weighted by atomic mass is 32.2. The van der Waals surface area contributed by atoms with Crippen LogP contribution in [0.1, 0.15) is 24.4 Å². The Balaban J connectivity index is 1.79. The van der Waals surface area contributed by atoms with Crippen molar-refractivity contribution in [1.82, 2.24) is 19.6 Å². The van der Waals surface area contributed by atoms with E-state index in [0.717, 1.165) is 30.9 Å². The van der Waals surface area contributed by atoms with Gasteiger partial charge < -0.3 is 5.32 Å². The fraction of sp³-hybridized carbons (Fsp3) is 0.692. The Bertz CT molecular complexity index is 547. The van der Waals surface area contributed by atoms with Gasteiger partial charge in [-0.05, 0) is 38.3 Å². The molecule has 1 aliphatic rings. The fourth-order valence-corrected chi connectivity index (χ4v) is 3.45. The molecule has 1 aromatic rings. The minimum absolute atomic E-state index is 0.376. The van der Waals surface area contributed by atoms with Crippen molar-refractivity contribution in [2.24, 2.45) is 5.92 Å². The van der Waals surface area contributed by atoms with Gasteiger partial charge in [-0.3, -0.25) is 0 Å². The fourth-order valence-electron chi connectivity index (χ4n) is 2.50. The molecule has 0 bridgehead atoms. The molecule has 1 aromatic heterocycles. The first kappa shape index (κ1) is 15.3. The van der Waals surface area contributed by atoms with Crippen LogP contribution >= 0.6 is 0 Å². The van der Waals surface area contributed by atoms with Gasteiger partial charge in [0.05, 0.1) is 11.9 Å². The van der Waals surface area contributed by atoms with Gasteiger partial charge in [-0.2, -0.15) is 0 Å².